The quantitative estimate of drug-likeness (QED) is 0.137. The van der Waals surface area contributed by atoms with Crippen LogP contribution >= 0.6 is 0 Å². The summed E-state index contributed by atoms with van der Waals surface area (Å²) < 4.78 is 11.2. The van der Waals surface area contributed by atoms with E-state index in [2.05, 4.69) is 77.7 Å². The molecule has 2 aliphatic heterocycles. The van der Waals surface area contributed by atoms with Gasteiger partial charge in [0.1, 0.15) is 17.2 Å². The third-order valence-electron chi connectivity index (χ3n) is 10.5. The number of carbonyl (C=O) groups is 1. The fourth-order valence-electron chi connectivity index (χ4n) is 7.55. The Labute approximate surface area is 321 Å². The van der Waals surface area contributed by atoms with E-state index in [1.165, 1.54) is 36.9 Å². The Morgan fingerprint density at radius 1 is 1.02 bits per heavy atom. The molecule has 0 fully saturated rings. The van der Waals surface area contributed by atoms with Gasteiger partial charge in [-0.15, -0.1) is 9.89 Å². The van der Waals surface area contributed by atoms with Crippen molar-refractivity contribution in [3.63, 3.8) is 0 Å². The van der Waals surface area contributed by atoms with Gasteiger partial charge in [-0.3, -0.25) is 4.79 Å². The molecule has 0 aliphatic carbocycles. The van der Waals surface area contributed by atoms with Crippen LogP contribution in [-0.4, -0.2) is 57.5 Å². The molecule has 2 unspecified atom stereocenters. The fraction of sp³-hybridized carbons (Fsp3) is 0.477. The fourth-order valence-corrected chi connectivity index (χ4v) is 7.55. The second-order valence-corrected chi connectivity index (χ2v) is 16.4. The zero-order valence-electron chi connectivity index (χ0n) is 33.8. The van der Waals surface area contributed by atoms with Crippen molar-refractivity contribution < 1.29 is 14.3 Å². The second-order valence-electron chi connectivity index (χ2n) is 16.4. The molecule has 1 amide bonds. The number of fused-ring (bicyclic) bond motifs is 2. The van der Waals surface area contributed by atoms with Gasteiger partial charge in [-0.05, 0) is 118 Å². The number of aromatic nitrogens is 3. The highest BCUT2D eigenvalue weighted by Gasteiger charge is 2.38. The lowest BCUT2D eigenvalue weighted by Crippen LogP contribution is -2.48. The predicted molar refractivity (Wildman–Crippen MR) is 220 cm³/mol. The molecule has 3 aromatic carbocycles. The Kier molecular flexibility index (Phi) is 11.3. The number of rotatable bonds is 13. The largest absolute Gasteiger partial charge is 0.497 e. The van der Waals surface area contributed by atoms with E-state index in [-0.39, 0.29) is 16.9 Å². The standard InChI is InChI=1S/C44H57N7O3/c1-11-13-14-15-24-50-36-25-28(3)35(26-34(36)29(4)27-44(50,8)9)46-38-39(43(5,6)7)48-51-41(38)47-40(49-51)30-16-18-31(19-17-30)45-42(52)37(12-2)54-33-22-20-32(53-10)21-23-33/h16-23,25-26,29,37H,11-15,24,27H2,1-10H3,(H,45,52). The number of aryl methyl sites for hydroxylation is 1. The topological polar surface area (TPSA) is 106 Å². The van der Waals surface area contributed by atoms with E-state index in [0.29, 0.717) is 35.4 Å². The average molecular weight is 732 g/mol. The van der Waals surface area contributed by atoms with E-state index in [4.69, 9.17) is 29.7 Å². The minimum atomic E-state index is -0.647. The zero-order valence-corrected chi connectivity index (χ0v) is 33.8. The maximum atomic E-state index is 13.1. The van der Waals surface area contributed by atoms with Gasteiger partial charge in [-0.1, -0.05) is 60.8 Å². The summed E-state index contributed by atoms with van der Waals surface area (Å²) in [5.74, 6) is 2.69. The van der Waals surface area contributed by atoms with Gasteiger partial charge >= 0.3 is 0 Å². The third kappa shape index (κ3) is 8.22. The molecule has 3 heterocycles. The Morgan fingerprint density at radius 3 is 2.37 bits per heavy atom. The molecular weight excluding hydrogens is 675 g/mol. The molecule has 0 radical (unpaired) electrons. The molecular formula is C44H57N7O3. The Balaban J connectivity index is 1.24. The van der Waals surface area contributed by atoms with Crippen LogP contribution in [0.25, 0.3) is 11.4 Å². The van der Waals surface area contributed by atoms with Gasteiger partial charge < -0.3 is 19.7 Å². The van der Waals surface area contributed by atoms with E-state index in [1.807, 2.05) is 43.3 Å². The third-order valence-corrected chi connectivity index (χ3v) is 10.5. The van der Waals surface area contributed by atoms with E-state index in [0.717, 1.165) is 47.0 Å². The number of nitrogens with zero attached hydrogens (tertiary/aromatic N) is 6. The molecule has 1 N–H and O–H groups in total. The smallest absolute Gasteiger partial charge is 0.265 e. The molecule has 2 aliphatic rings. The molecule has 10 heteroatoms. The van der Waals surface area contributed by atoms with E-state index < -0.39 is 6.10 Å². The molecule has 6 rings (SSSR count). The number of benzene rings is 3. The monoisotopic (exact) mass is 731 g/mol. The van der Waals surface area contributed by atoms with Crippen molar-refractivity contribution in [2.45, 2.75) is 118 Å². The summed E-state index contributed by atoms with van der Waals surface area (Å²) >= 11 is 0. The van der Waals surface area contributed by atoms with Crippen LogP contribution in [0.15, 0.2) is 70.8 Å². The van der Waals surface area contributed by atoms with Crippen LogP contribution in [0, 0.1) is 12.3 Å². The highest BCUT2D eigenvalue weighted by molar-refractivity contribution is 6.50. The number of aliphatic imine (C=N–C) groups is 1. The molecule has 0 bridgehead atoms. The Bertz CT molecular complexity index is 2020. The normalized spacial score (nSPS) is 17.5. The van der Waals surface area contributed by atoms with Crippen LogP contribution in [0.4, 0.5) is 17.1 Å². The second kappa shape index (κ2) is 15.8. The van der Waals surface area contributed by atoms with Crippen molar-refractivity contribution in [2.24, 2.45) is 15.5 Å². The number of ether oxygens (including phenoxy) is 2. The minimum Gasteiger partial charge on any atom is -0.497 e. The first kappa shape index (κ1) is 38.7. The number of nitrogens with one attached hydrogen (secondary N) is 1. The van der Waals surface area contributed by atoms with Crippen molar-refractivity contribution in [3.05, 3.63) is 77.6 Å². The van der Waals surface area contributed by atoms with Crippen molar-refractivity contribution in [1.29, 1.82) is 0 Å². The number of amides is 1. The average Bonchev–Trinajstić information content (AvgIpc) is 3.70. The maximum Gasteiger partial charge on any atom is 0.265 e. The SMILES string of the molecule is CCCCCCN1c2cc(C)c(N=C3C(C(C)(C)C)=Nn4nc(-c5ccc(NC(=O)C(CC)Oc6ccc(OC)cc6)cc5)nc43)cc2C(C)CC1(C)C. The number of anilines is 2. The van der Waals surface area contributed by atoms with Crippen molar-refractivity contribution in [2.75, 3.05) is 23.9 Å². The predicted octanol–water partition coefficient (Wildman–Crippen LogP) is 10.1. The lowest BCUT2D eigenvalue weighted by atomic mass is 9.79. The molecule has 54 heavy (non-hydrogen) atoms. The number of hydrogen-bond acceptors (Lipinski definition) is 8. The molecule has 0 saturated carbocycles. The van der Waals surface area contributed by atoms with Gasteiger partial charge in [0.05, 0.1) is 18.5 Å². The highest BCUT2D eigenvalue weighted by atomic mass is 16.5. The summed E-state index contributed by atoms with van der Waals surface area (Å²) in [7, 11) is 1.61. The van der Waals surface area contributed by atoms with E-state index >= 15 is 0 Å². The highest BCUT2D eigenvalue weighted by Crippen LogP contribution is 2.46. The van der Waals surface area contributed by atoms with Gasteiger partial charge in [-0.25, -0.2) is 9.98 Å². The van der Waals surface area contributed by atoms with Crippen molar-refractivity contribution in [1.82, 2.24) is 14.9 Å². The maximum absolute atomic E-state index is 13.1. The summed E-state index contributed by atoms with van der Waals surface area (Å²) in [4.78, 5) is 27.7. The summed E-state index contributed by atoms with van der Waals surface area (Å²) in [6.07, 6.45) is 5.95. The summed E-state index contributed by atoms with van der Waals surface area (Å²) in [6, 6.07) is 19.4. The number of unbranched alkanes of at least 4 members (excludes halogenated alkanes) is 3. The van der Waals surface area contributed by atoms with Crippen molar-refractivity contribution in [3.8, 4) is 22.9 Å². The molecule has 0 saturated heterocycles. The zero-order chi connectivity index (χ0) is 38.8. The van der Waals surface area contributed by atoms with Crippen LogP contribution in [0.2, 0.25) is 0 Å². The van der Waals surface area contributed by atoms with Gasteiger partial charge in [0, 0.05) is 34.4 Å². The van der Waals surface area contributed by atoms with Crippen LogP contribution in [-0.2, 0) is 4.79 Å². The van der Waals surface area contributed by atoms with Gasteiger partial charge in [-0.2, -0.15) is 5.10 Å². The lowest BCUT2D eigenvalue weighted by molar-refractivity contribution is -0.122. The van der Waals surface area contributed by atoms with Gasteiger partial charge in [0.25, 0.3) is 5.91 Å². The molecule has 2 atom stereocenters. The number of methoxy groups -OCH3 is 1. The Morgan fingerprint density at radius 2 is 1.72 bits per heavy atom. The first-order valence-corrected chi connectivity index (χ1v) is 19.5. The first-order chi connectivity index (χ1) is 25.7. The lowest BCUT2D eigenvalue weighted by Gasteiger charge is -2.48. The summed E-state index contributed by atoms with van der Waals surface area (Å²) in [5, 5.41) is 12.7. The Hall–Kier alpha value is -4.99. The molecule has 0 spiro atoms. The molecule has 286 valence electrons. The van der Waals surface area contributed by atoms with Crippen molar-refractivity contribution >= 4 is 34.4 Å². The van der Waals surface area contributed by atoms with Gasteiger partial charge in [0.15, 0.2) is 11.9 Å². The van der Waals surface area contributed by atoms with Crippen LogP contribution in [0.3, 0.4) is 0 Å². The van der Waals surface area contributed by atoms with E-state index in [1.54, 1.807) is 24.0 Å². The van der Waals surface area contributed by atoms with Crippen LogP contribution in [0.1, 0.15) is 117 Å². The van der Waals surface area contributed by atoms with Gasteiger partial charge in [0.2, 0.25) is 5.82 Å². The van der Waals surface area contributed by atoms with E-state index in [9.17, 15) is 4.79 Å². The summed E-state index contributed by atoms with van der Waals surface area (Å²) in [5.41, 5.74) is 7.66. The summed E-state index contributed by atoms with van der Waals surface area (Å²) in [6.45, 7) is 21.0. The molecule has 4 aromatic rings. The first-order valence-electron chi connectivity index (χ1n) is 19.5. The molecule has 1 aromatic heterocycles. The van der Waals surface area contributed by atoms with Crippen LogP contribution in [0.5, 0.6) is 11.5 Å². The minimum absolute atomic E-state index is 0.0941. The molecule has 10 nitrogen and oxygen atoms in total. The number of hydrogen-bond donors (Lipinski definition) is 1. The number of carbonyl (C=O) groups excluding carboxylic acids is 1. The van der Waals surface area contributed by atoms with Crippen LogP contribution < -0.4 is 19.7 Å².